The molecule has 0 aliphatic carbocycles. The molecule has 2 fully saturated rings. The van der Waals surface area contributed by atoms with Crippen LogP contribution in [0.1, 0.15) is 19.3 Å². The number of rotatable bonds is 4. The number of nitrogens with zero attached hydrogens (tertiary/aromatic N) is 5. The fourth-order valence-corrected chi connectivity index (χ4v) is 4.01. The highest BCUT2D eigenvalue weighted by Crippen LogP contribution is 2.27. The van der Waals surface area contributed by atoms with Gasteiger partial charge in [0, 0.05) is 64.5 Å². The van der Waals surface area contributed by atoms with Crippen molar-refractivity contribution in [2.75, 3.05) is 63.2 Å². The number of benzene rings is 1. The van der Waals surface area contributed by atoms with Crippen LogP contribution in [0, 0.1) is 0 Å². The average molecular weight is 355 g/mol. The van der Waals surface area contributed by atoms with Crippen molar-refractivity contribution in [2.24, 2.45) is 0 Å². The van der Waals surface area contributed by atoms with E-state index in [4.69, 9.17) is 4.74 Å². The minimum atomic E-state index is 0.441. The lowest BCUT2D eigenvalue weighted by Crippen LogP contribution is -2.49. The molecule has 0 saturated carbocycles. The van der Waals surface area contributed by atoms with Crippen molar-refractivity contribution >= 4 is 22.4 Å². The molecule has 140 valence electrons. The maximum atomic E-state index is 5.90. The molecule has 1 unspecified atom stereocenters. The lowest BCUT2D eigenvalue weighted by Gasteiger charge is -2.38. The number of hydrogen-bond acceptors (Lipinski definition) is 6. The third-order valence-corrected chi connectivity index (χ3v) is 5.49. The first kappa shape index (κ1) is 17.5. The SMILES string of the molecule is CN(C)c1ncnc2ccc(N3CCN(CC4CCCCO4)CC3)cc12. The van der Waals surface area contributed by atoms with Gasteiger partial charge in [0.1, 0.15) is 12.1 Å². The van der Waals surface area contributed by atoms with Gasteiger partial charge >= 0.3 is 0 Å². The molecule has 0 bridgehead atoms. The van der Waals surface area contributed by atoms with Crippen molar-refractivity contribution in [1.29, 1.82) is 0 Å². The van der Waals surface area contributed by atoms with Crippen LogP contribution in [0.4, 0.5) is 11.5 Å². The molecule has 0 radical (unpaired) electrons. The van der Waals surface area contributed by atoms with Crippen LogP contribution in [0.5, 0.6) is 0 Å². The number of hydrogen-bond donors (Lipinski definition) is 0. The van der Waals surface area contributed by atoms with Crippen LogP contribution in [-0.4, -0.2) is 74.4 Å². The molecule has 2 aromatic rings. The van der Waals surface area contributed by atoms with Crippen molar-refractivity contribution < 1.29 is 4.74 Å². The Balaban J connectivity index is 1.43. The van der Waals surface area contributed by atoms with E-state index in [1.807, 2.05) is 14.1 Å². The smallest absolute Gasteiger partial charge is 0.139 e. The summed E-state index contributed by atoms with van der Waals surface area (Å²) >= 11 is 0. The van der Waals surface area contributed by atoms with E-state index in [0.29, 0.717) is 6.10 Å². The molecule has 0 amide bonds. The van der Waals surface area contributed by atoms with Crippen molar-refractivity contribution in [2.45, 2.75) is 25.4 Å². The Morgan fingerprint density at radius 2 is 1.96 bits per heavy atom. The summed E-state index contributed by atoms with van der Waals surface area (Å²) in [5.41, 5.74) is 2.27. The van der Waals surface area contributed by atoms with Crippen LogP contribution < -0.4 is 9.80 Å². The molecular formula is C20H29N5O. The quantitative estimate of drug-likeness (QED) is 0.839. The van der Waals surface area contributed by atoms with Crippen LogP contribution in [0.2, 0.25) is 0 Å². The maximum Gasteiger partial charge on any atom is 0.139 e. The van der Waals surface area contributed by atoms with Gasteiger partial charge in [-0.05, 0) is 37.5 Å². The highest BCUT2D eigenvalue weighted by molar-refractivity contribution is 5.91. The Kier molecular flexibility index (Phi) is 5.22. The first-order valence-electron chi connectivity index (χ1n) is 9.72. The maximum absolute atomic E-state index is 5.90. The van der Waals surface area contributed by atoms with Gasteiger partial charge in [-0.1, -0.05) is 0 Å². The molecule has 1 aromatic heterocycles. The predicted molar refractivity (Wildman–Crippen MR) is 106 cm³/mol. The normalized spacial score (nSPS) is 21.9. The summed E-state index contributed by atoms with van der Waals surface area (Å²) in [6.45, 7) is 6.35. The molecule has 4 rings (SSSR count). The monoisotopic (exact) mass is 355 g/mol. The minimum Gasteiger partial charge on any atom is -0.377 e. The molecule has 6 heteroatoms. The fourth-order valence-electron chi connectivity index (χ4n) is 4.01. The van der Waals surface area contributed by atoms with Gasteiger partial charge in [-0.25, -0.2) is 9.97 Å². The molecule has 1 atom stereocenters. The summed E-state index contributed by atoms with van der Waals surface area (Å²) in [6.07, 6.45) is 5.85. The summed E-state index contributed by atoms with van der Waals surface area (Å²) in [6, 6.07) is 6.54. The number of aromatic nitrogens is 2. The number of piperazine rings is 1. The van der Waals surface area contributed by atoms with Gasteiger partial charge in [0.25, 0.3) is 0 Å². The second-order valence-corrected chi connectivity index (χ2v) is 7.57. The van der Waals surface area contributed by atoms with E-state index >= 15 is 0 Å². The van der Waals surface area contributed by atoms with Crippen LogP contribution in [0.15, 0.2) is 24.5 Å². The molecule has 2 aliphatic rings. The van der Waals surface area contributed by atoms with Crippen LogP contribution in [-0.2, 0) is 4.74 Å². The molecule has 2 aliphatic heterocycles. The summed E-state index contributed by atoms with van der Waals surface area (Å²) in [5.74, 6) is 0.977. The van der Waals surface area contributed by atoms with Gasteiger partial charge < -0.3 is 14.5 Å². The van der Waals surface area contributed by atoms with E-state index in [2.05, 4.69) is 42.9 Å². The zero-order valence-corrected chi connectivity index (χ0v) is 15.9. The van der Waals surface area contributed by atoms with Gasteiger partial charge in [-0.3, -0.25) is 4.90 Å². The molecular weight excluding hydrogens is 326 g/mol. The summed E-state index contributed by atoms with van der Waals surface area (Å²) in [5, 5.41) is 1.12. The molecule has 0 spiro atoms. The zero-order chi connectivity index (χ0) is 17.9. The van der Waals surface area contributed by atoms with E-state index in [1.165, 1.54) is 24.9 Å². The van der Waals surface area contributed by atoms with Crippen LogP contribution in [0.25, 0.3) is 10.9 Å². The summed E-state index contributed by atoms with van der Waals surface area (Å²) in [4.78, 5) is 15.9. The van der Waals surface area contributed by atoms with Crippen molar-refractivity contribution in [3.05, 3.63) is 24.5 Å². The number of fused-ring (bicyclic) bond motifs is 1. The van der Waals surface area contributed by atoms with Gasteiger partial charge in [0.15, 0.2) is 0 Å². The highest BCUT2D eigenvalue weighted by Gasteiger charge is 2.22. The minimum absolute atomic E-state index is 0.441. The Bertz CT molecular complexity index is 736. The van der Waals surface area contributed by atoms with Crippen molar-refractivity contribution in [3.63, 3.8) is 0 Å². The van der Waals surface area contributed by atoms with E-state index < -0.39 is 0 Å². The molecule has 6 nitrogen and oxygen atoms in total. The van der Waals surface area contributed by atoms with E-state index in [9.17, 15) is 0 Å². The van der Waals surface area contributed by atoms with Crippen molar-refractivity contribution in [1.82, 2.24) is 14.9 Å². The van der Waals surface area contributed by atoms with Crippen molar-refractivity contribution in [3.8, 4) is 0 Å². The number of anilines is 2. The highest BCUT2D eigenvalue weighted by atomic mass is 16.5. The fraction of sp³-hybridized carbons (Fsp3) is 0.600. The predicted octanol–water partition coefficient (Wildman–Crippen LogP) is 2.39. The third-order valence-electron chi connectivity index (χ3n) is 5.49. The van der Waals surface area contributed by atoms with Gasteiger partial charge in [-0.15, -0.1) is 0 Å². The average Bonchev–Trinajstić information content (AvgIpc) is 2.68. The molecule has 0 N–H and O–H groups in total. The topological polar surface area (TPSA) is 44.7 Å². The third kappa shape index (κ3) is 3.76. The lowest BCUT2D eigenvalue weighted by molar-refractivity contribution is -0.00644. The van der Waals surface area contributed by atoms with E-state index in [-0.39, 0.29) is 0 Å². The van der Waals surface area contributed by atoms with Gasteiger partial charge in [0.05, 0.1) is 11.6 Å². The first-order valence-corrected chi connectivity index (χ1v) is 9.72. The lowest BCUT2D eigenvalue weighted by atomic mass is 10.1. The zero-order valence-electron chi connectivity index (χ0n) is 15.9. The van der Waals surface area contributed by atoms with E-state index in [0.717, 1.165) is 56.1 Å². The Morgan fingerprint density at radius 1 is 1.12 bits per heavy atom. The Morgan fingerprint density at radius 3 is 2.69 bits per heavy atom. The molecule has 3 heterocycles. The molecule has 26 heavy (non-hydrogen) atoms. The summed E-state index contributed by atoms with van der Waals surface area (Å²) in [7, 11) is 4.06. The second-order valence-electron chi connectivity index (χ2n) is 7.57. The van der Waals surface area contributed by atoms with Crippen LogP contribution >= 0.6 is 0 Å². The van der Waals surface area contributed by atoms with Gasteiger partial charge in [-0.2, -0.15) is 0 Å². The van der Waals surface area contributed by atoms with Gasteiger partial charge in [0.2, 0.25) is 0 Å². The van der Waals surface area contributed by atoms with E-state index in [1.54, 1.807) is 6.33 Å². The summed E-state index contributed by atoms with van der Waals surface area (Å²) < 4.78 is 5.90. The molecule has 2 saturated heterocycles. The number of ether oxygens (including phenoxy) is 1. The van der Waals surface area contributed by atoms with Crippen LogP contribution in [0.3, 0.4) is 0 Å². The molecule has 1 aromatic carbocycles. The second kappa shape index (κ2) is 7.76. The Hall–Kier alpha value is -1.92. The largest absolute Gasteiger partial charge is 0.377 e. The first-order chi connectivity index (χ1) is 12.7. The Labute approximate surface area is 155 Å². The standard InChI is InChI=1S/C20H29N5O/c1-23(2)20-18-13-16(6-7-19(18)21-15-22-20)25-10-8-24(9-11-25)14-17-5-3-4-12-26-17/h6-7,13,15,17H,3-5,8-12,14H2,1-2H3.